The Bertz CT molecular complexity index is 1520. The van der Waals surface area contributed by atoms with Crippen molar-refractivity contribution in [1.29, 1.82) is 5.41 Å². The van der Waals surface area contributed by atoms with E-state index < -0.39 is 0 Å². The molecule has 6 rings (SSSR count). The van der Waals surface area contributed by atoms with Crippen LogP contribution in [0, 0.1) is 5.41 Å². The van der Waals surface area contributed by atoms with E-state index in [0.717, 1.165) is 44.7 Å². The van der Waals surface area contributed by atoms with Gasteiger partial charge in [0, 0.05) is 16.9 Å². The fourth-order valence-electron chi connectivity index (χ4n) is 4.53. The van der Waals surface area contributed by atoms with Gasteiger partial charge in [0.25, 0.3) is 0 Å². The SMILES string of the molecule is COc1ccc([C@H]2c3ccc4ccccc4c3Oc3ncn(Cc4ccco4)c(=N)c32)cc1. The van der Waals surface area contributed by atoms with Crippen molar-refractivity contribution in [2.75, 3.05) is 7.11 Å². The number of furan rings is 1. The molecule has 6 nitrogen and oxygen atoms in total. The van der Waals surface area contributed by atoms with Crippen molar-refractivity contribution in [2.24, 2.45) is 0 Å². The standard InChI is InChI=1S/C27H21N3O3/c1-31-19-11-8-18(9-12-19)23-22-13-10-17-5-2-3-7-21(17)25(22)33-27-24(23)26(28)30(16-29-27)15-20-6-4-14-32-20/h2-14,16,23,28H,15H2,1H3/t23-/m0/s1. The number of methoxy groups -OCH3 is 1. The minimum Gasteiger partial charge on any atom is -0.497 e. The summed E-state index contributed by atoms with van der Waals surface area (Å²) < 4.78 is 19.0. The third-order valence-corrected chi connectivity index (χ3v) is 6.15. The van der Waals surface area contributed by atoms with E-state index in [1.807, 2.05) is 48.5 Å². The third-order valence-electron chi connectivity index (χ3n) is 6.15. The van der Waals surface area contributed by atoms with Crippen LogP contribution in [0.3, 0.4) is 0 Å². The van der Waals surface area contributed by atoms with Gasteiger partial charge in [-0.15, -0.1) is 0 Å². The largest absolute Gasteiger partial charge is 0.497 e. The Morgan fingerprint density at radius 2 is 1.85 bits per heavy atom. The normalized spacial score (nSPS) is 14.4. The second-order valence-corrected chi connectivity index (χ2v) is 8.03. The summed E-state index contributed by atoms with van der Waals surface area (Å²) in [7, 11) is 1.66. The summed E-state index contributed by atoms with van der Waals surface area (Å²) in [4.78, 5) is 4.63. The van der Waals surface area contributed by atoms with E-state index in [9.17, 15) is 0 Å². The second-order valence-electron chi connectivity index (χ2n) is 8.03. The van der Waals surface area contributed by atoms with Crippen LogP contribution in [0.25, 0.3) is 10.8 Å². The van der Waals surface area contributed by atoms with Gasteiger partial charge < -0.3 is 18.5 Å². The Kier molecular flexibility index (Phi) is 4.50. The van der Waals surface area contributed by atoms with E-state index >= 15 is 0 Å². The van der Waals surface area contributed by atoms with Gasteiger partial charge in [-0.05, 0) is 35.2 Å². The molecule has 3 heterocycles. The number of nitrogens with zero attached hydrogens (tertiary/aromatic N) is 2. The molecule has 0 fully saturated rings. The van der Waals surface area contributed by atoms with E-state index in [4.69, 9.17) is 19.3 Å². The zero-order valence-corrected chi connectivity index (χ0v) is 18.0. The number of nitrogens with one attached hydrogen (secondary N) is 1. The van der Waals surface area contributed by atoms with Crippen molar-refractivity contribution in [3.05, 3.63) is 113 Å². The van der Waals surface area contributed by atoms with Gasteiger partial charge in [0.2, 0.25) is 5.88 Å². The minimum atomic E-state index is -0.205. The molecule has 0 aliphatic carbocycles. The molecular weight excluding hydrogens is 414 g/mol. The molecule has 0 radical (unpaired) electrons. The Balaban J connectivity index is 1.58. The molecule has 6 heteroatoms. The topological polar surface area (TPSA) is 73.3 Å². The first-order valence-corrected chi connectivity index (χ1v) is 10.7. The summed E-state index contributed by atoms with van der Waals surface area (Å²) in [6.45, 7) is 0.423. The number of fused-ring (bicyclic) bond motifs is 4. The number of hydrogen-bond acceptors (Lipinski definition) is 5. The molecule has 1 atom stereocenters. The number of benzene rings is 3. The van der Waals surface area contributed by atoms with Crippen LogP contribution < -0.4 is 15.0 Å². The van der Waals surface area contributed by atoms with Crippen LogP contribution in [0.1, 0.15) is 28.4 Å². The van der Waals surface area contributed by atoms with Crippen LogP contribution in [-0.2, 0) is 6.54 Å². The van der Waals surface area contributed by atoms with Gasteiger partial charge in [-0.25, -0.2) is 4.98 Å². The Morgan fingerprint density at radius 1 is 1.00 bits per heavy atom. The average molecular weight is 435 g/mol. The van der Waals surface area contributed by atoms with Gasteiger partial charge in [0.05, 0.1) is 25.5 Å². The maximum atomic E-state index is 9.07. The van der Waals surface area contributed by atoms with Gasteiger partial charge in [0.15, 0.2) is 0 Å². The number of ether oxygens (including phenoxy) is 2. The van der Waals surface area contributed by atoms with Crippen LogP contribution >= 0.6 is 0 Å². The summed E-state index contributed by atoms with van der Waals surface area (Å²) in [6.07, 6.45) is 3.28. The summed E-state index contributed by atoms with van der Waals surface area (Å²) in [5, 5.41) is 11.2. The fraction of sp³-hybridized carbons (Fsp3) is 0.111. The Labute approximate surface area is 190 Å². The van der Waals surface area contributed by atoms with Crippen LogP contribution in [-0.4, -0.2) is 16.7 Å². The Morgan fingerprint density at radius 3 is 2.64 bits per heavy atom. The second kappa shape index (κ2) is 7.67. The highest BCUT2D eigenvalue weighted by Crippen LogP contribution is 2.48. The number of hydrogen-bond donors (Lipinski definition) is 1. The lowest BCUT2D eigenvalue weighted by Gasteiger charge is -2.29. The summed E-state index contributed by atoms with van der Waals surface area (Å²) in [5.41, 5.74) is 3.13. The highest BCUT2D eigenvalue weighted by atomic mass is 16.5. The predicted molar refractivity (Wildman–Crippen MR) is 124 cm³/mol. The minimum absolute atomic E-state index is 0.205. The van der Waals surface area contributed by atoms with E-state index in [-0.39, 0.29) is 5.92 Å². The first-order valence-electron chi connectivity index (χ1n) is 10.7. The molecule has 162 valence electrons. The van der Waals surface area contributed by atoms with Crippen molar-refractivity contribution in [2.45, 2.75) is 12.5 Å². The van der Waals surface area contributed by atoms with Gasteiger partial charge in [-0.2, -0.15) is 0 Å². The zero-order chi connectivity index (χ0) is 22.4. The molecule has 0 saturated carbocycles. The van der Waals surface area contributed by atoms with Gasteiger partial charge in [-0.1, -0.05) is 48.5 Å². The van der Waals surface area contributed by atoms with Crippen molar-refractivity contribution in [3.63, 3.8) is 0 Å². The molecular formula is C27H21N3O3. The highest BCUT2D eigenvalue weighted by molar-refractivity contribution is 5.91. The molecule has 3 aromatic carbocycles. The van der Waals surface area contributed by atoms with E-state index in [0.29, 0.717) is 17.9 Å². The molecule has 0 unspecified atom stereocenters. The fourth-order valence-corrected chi connectivity index (χ4v) is 4.53. The third kappa shape index (κ3) is 3.19. The van der Waals surface area contributed by atoms with Gasteiger partial charge in [-0.3, -0.25) is 5.41 Å². The number of rotatable bonds is 4. The number of aromatic nitrogens is 2. The average Bonchev–Trinajstić information content (AvgIpc) is 3.38. The van der Waals surface area contributed by atoms with E-state index in [1.54, 1.807) is 24.3 Å². The summed E-state index contributed by atoms with van der Waals surface area (Å²) in [6, 6.07) is 24.1. The smallest absolute Gasteiger partial charge is 0.228 e. The maximum Gasteiger partial charge on any atom is 0.228 e. The van der Waals surface area contributed by atoms with Crippen molar-refractivity contribution >= 4 is 10.8 Å². The molecule has 5 aromatic rings. The van der Waals surface area contributed by atoms with Crippen LogP contribution in [0.4, 0.5) is 0 Å². The summed E-state index contributed by atoms with van der Waals surface area (Å²) >= 11 is 0. The van der Waals surface area contributed by atoms with Crippen LogP contribution in [0.2, 0.25) is 0 Å². The lowest BCUT2D eigenvalue weighted by atomic mass is 9.83. The molecule has 0 spiro atoms. The van der Waals surface area contributed by atoms with E-state index in [2.05, 4.69) is 29.2 Å². The molecule has 0 saturated heterocycles. The maximum absolute atomic E-state index is 9.07. The Hall–Kier alpha value is -4.32. The predicted octanol–water partition coefficient (Wildman–Crippen LogP) is 5.45. The van der Waals surface area contributed by atoms with Crippen LogP contribution in [0.15, 0.2) is 89.8 Å². The molecule has 0 amide bonds. The lowest BCUT2D eigenvalue weighted by Crippen LogP contribution is -2.30. The molecule has 1 N–H and O–H groups in total. The molecule has 1 aliphatic heterocycles. The molecule has 2 aromatic heterocycles. The molecule has 0 bridgehead atoms. The first-order chi connectivity index (χ1) is 16.2. The van der Waals surface area contributed by atoms with Crippen molar-refractivity contribution in [3.8, 4) is 17.4 Å². The zero-order valence-electron chi connectivity index (χ0n) is 18.0. The van der Waals surface area contributed by atoms with Crippen molar-refractivity contribution < 1.29 is 13.9 Å². The first kappa shape index (κ1) is 19.4. The quantitative estimate of drug-likeness (QED) is 0.400. The molecule has 33 heavy (non-hydrogen) atoms. The summed E-state index contributed by atoms with van der Waals surface area (Å²) in [5.74, 6) is 2.59. The monoisotopic (exact) mass is 435 g/mol. The van der Waals surface area contributed by atoms with E-state index in [1.165, 1.54) is 0 Å². The van der Waals surface area contributed by atoms with Gasteiger partial charge >= 0.3 is 0 Å². The lowest BCUT2D eigenvalue weighted by molar-refractivity contribution is 0.414. The van der Waals surface area contributed by atoms with Crippen molar-refractivity contribution in [1.82, 2.24) is 9.55 Å². The van der Waals surface area contributed by atoms with Crippen LogP contribution in [0.5, 0.6) is 17.4 Å². The van der Waals surface area contributed by atoms with Gasteiger partial charge in [0.1, 0.15) is 29.1 Å². The molecule has 1 aliphatic rings. The highest BCUT2D eigenvalue weighted by Gasteiger charge is 2.33.